The van der Waals surface area contributed by atoms with Crippen LogP contribution in [0.25, 0.3) is 0 Å². The molecule has 2 aromatic rings. The zero-order valence-electron chi connectivity index (χ0n) is 10.3. The van der Waals surface area contributed by atoms with Gasteiger partial charge in [0, 0.05) is 22.2 Å². The van der Waals surface area contributed by atoms with Crippen molar-refractivity contribution in [3.05, 3.63) is 40.9 Å². The molecule has 4 nitrogen and oxygen atoms in total. The van der Waals surface area contributed by atoms with E-state index in [0.29, 0.717) is 0 Å². The predicted octanol–water partition coefficient (Wildman–Crippen LogP) is 2.63. The number of rotatable bonds is 5. The lowest BCUT2D eigenvalue weighted by Gasteiger charge is -2.15. The summed E-state index contributed by atoms with van der Waals surface area (Å²) in [6.07, 6.45) is 1.59. The first-order valence-electron chi connectivity index (χ1n) is 5.61. The lowest BCUT2D eigenvalue weighted by atomic mass is 10.3. The van der Waals surface area contributed by atoms with Gasteiger partial charge < -0.3 is 5.32 Å². The highest BCUT2D eigenvalue weighted by molar-refractivity contribution is 9.10. The zero-order valence-corrected chi connectivity index (χ0v) is 12.7. The maximum atomic E-state index is 4.29. The van der Waals surface area contributed by atoms with Crippen LogP contribution in [0.4, 0.5) is 0 Å². The molecule has 6 heteroatoms. The van der Waals surface area contributed by atoms with Crippen molar-refractivity contribution in [3.63, 3.8) is 0 Å². The molecule has 0 fully saturated rings. The van der Waals surface area contributed by atoms with Gasteiger partial charge in [0.2, 0.25) is 0 Å². The first-order chi connectivity index (χ1) is 8.72. The molecular formula is C12H15BrN4S. The summed E-state index contributed by atoms with van der Waals surface area (Å²) < 4.78 is 2.93. The predicted molar refractivity (Wildman–Crippen MR) is 77.7 cm³/mol. The molecule has 0 aliphatic rings. The van der Waals surface area contributed by atoms with Crippen molar-refractivity contribution in [1.29, 1.82) is 0 Å². The summed E-state index contributed by atoms with van der Waals surface area (Å²) in [7, 11) is 3.86. The van der Waals surface area contributed by atoms with Crippen molar-refractivity contribution < 1.29 is 0 Å². The summed E-state index contributed by atoms with van der Waals surface area (Å²) in [5.74, 6) is 1.86. The van der Waals surface area contributed by atoms with E-state index in [2.05, 4.69) is 43.5 Å². The van der Waals surface area contributed by atoms with E-state index >= 15 is 0 Å². The maximum Gasteiger partial charge on any atom is 0.144 e. The Labute approximate surface area is 119 Å². The second-order valence-corrected chi connectivity index (χ2v) is 5.74. The van der Waals surface area contributed by atoms with Gasteiger partial charge in [0.05, 0.1) is 6.04 Å². The van der Waals surface area contributed by atoms with E-state index in [-0.39, 0.29) is 6.04 Å². The molecule has 1 aromatic heterocycles. The molecule has 1 atom stereocenters. The first-order valence-corrected chi connectivity index (χ1v) is 7.38. The Bertz CT molecular complexity index is 514. The van der Waals surface area contributed by atoms with Crippen LogP contribution in [-0.4, -0.2) is 27.6 Å². The molecule has 0 spiro atoms. The molecule has 1 aromatic carbocycles. The van der Waals surface area contributed by atoms with Crippen LogP contribution in [-0.2, 0) is 7.05 Å². The summed E-state index contributed by atoms with van der Waals surface area (Å²) in [6, 6.07) is 8.42. The minimum atomic E-state index is 0.189. The second kappa shape index (κ2) is 6.36. The fourth-order valence-electron chi connectivity index (χ4n) is 1.64. The Morgan fingerprint density at radius 2 is 2.22 bits per heavy atom. The van der Waals surface area contributed by atoms with Gasteiger partial charge in [-0.2, -0.15) is 5.10 Å². The number of nitrogens with zero attached hydrogens (tertiary/aromatic N) is 3. The molecule has 1 heterocycles. The number of aromatic nitrogens is 3. The molecule has 1 N–H and O–H groups in total. The number of halogens is 1. The highest BCUT2D eigenvalue weighted by Gasteiger charge is 2.15. The largest absolute Gasteiger partial charge is 0.310 e. The van der Waals surface area contributed by atoms with E-state index in [4.69, 9.17) is 0 Å². The van der Waals surface area contributed by atoms with Gasteiger partial charge in [-0.05, 0) is 35.1 Å². The Kier molecular flexibility index (Phi) is 4.79. The van der Waals surface area contributed by atoms with E-state index in [1.165, 1.54) is 4.90 Å². The number of nitrogens with one attached hydrogen (secondary N) is 1. The van der Waals surface area contributed by atoms with Crippen molar-refractivity contribution in [3.8, 4) is 0 Å². The van der Waals surface area contributed by atoms with Gasteiger partial charge in [0.15, 0.2) is 0 Å². The maximum absolute atomic E-state index is 4.29. The number of benzene rings is 1. The highest BCUT2D eigenvalue weighted by Crippen LogP contribution is 2.29. The van der Waals surface area contributed by atoms with Crippen LogP contribution >= 0.6 is 27.7 Å². The summed E-state index contributed by atoms with van der Waals surface area (Å²) >= 11 is 5.35. The average Bonchev–Trinajstić information content (AvgIpc) is 2.79. The molecule has 96 valence electrons. The lowest BCUT2D eigenvalue weighted by Crippen LogP contribution is -2.22. The molecule has 18 heavy (non-hydrogen) atoms. The Morgan fingerprint density at radius 3 is 2.83 bits per heavy atom. The van der Waals surface area contributed by atoms with Crippen molar-refractivity contribution in [1.82, 2.24) is 20.1 Å². The minimum Gasteiger partial charge on any atom is -0.310 e. The SMILES string of the molecule is CNC(CSc1ccccc1Br)c1ncnn1C. The third-order valence-electron chi connectivity index (χ3n) is 2.65. The van der Waals surface area contributed by atoms with E-state index < -0.39 is 0 Å². The first kappa shape index (κ1) is 13.6. The molecule has 0 saturated heterocycles. The van der Waals surface area contributed by atoms with E-state index in [1.807, 2.05) is 30.9 Å². The molecule has 0 aliphatic heterocycles. The highest BCUT2D eigenvalue weighted by atomic mass is 79.9. The topological polar surface area (TPSA) is 42.7 Å². The van der Waals surface area contributed by atoms with Crippen LogP contribution < -0.4 is 5.32 Å². The van der Waals surface area contributed by atoms with Gasteiger partial charge >= 0.3 is 0 Å². The van der Waals surface area contributed by atoms with Crippen molar-refractivity contribution in [2.24, 2.45) is 7.05 Å². The van der Waals surface area contributed by atoms with Crippen molar-refractivity contribution in [2.45, 2.75) is 10.9 Å². The second-order valence-electron chi connectivity index (χ2n) is 3.82. The monoisotopic (exact) mass is 326 g/mol. The van der Waals surface area contributed by atoms with Gasteiger partial charge in [-0.1, -0.05) is 12.1 Å². The Morgan fingerprint density at radius 1 is 1.44 bits per heavy atom. The van der Waals surface area contributed by atoms with Gasteiger partial charge in [-0.25, -0.2) is 4.98 Å². The third-order valence-corrected chi connectivity index (χ3v) is 4.77. The molecule has 0 aliphatic carbocycles. The number of hydrogen-bond acceptors (Lipinski definition) is 4. The lowest BCUT2D eigenvalue weighted by molar-refractivity contribution is 0.571. The molecule has 2 rings (SSSR count). The minimum absolute atomic E-state index is 0.189. The summed E-state index contributed by atoms with van der Waals surface area (Å²) in [5, 5.41) is 7.38. The van der Waals surface area contributed by atoms with Crippen molar-refractivity contribution in [2.75, 3.05) is 12.8 Å². The fraction of sp³-hybridized carbons (Fsp3) is 0.333. The normalized spacial score (nSPS) is 12.6. The number of hydrogen-bond donors (Lipinski definition) is 1. The molecule has 0 bridgehead atoms. The van der Waals surface area contributed by atoms with Crippen LogP contribution in [0.5, 0.6) is 0 Å². The van der Waals surface area contributed by atoms with E-state index in [9.17, 15) is 0 Å². The van der Waals surface area contributed by atoms with Crippen LogP contribution in [0.2, 0.25) is 0 Å². The van der Waals surface area contributed by atoms with E-state index in [1.54, 1.807) is 18.1 Å². The number of thioether (sulfide) groups is 1. The average molecular weight is 327 g/mol. The van der Waals surface area contributed by atoms with Crippen LogP contribution in [0.15, 0.2) is 40.0 Å². The van der Waals surface area contributed by atoms with Gasteiger partial charge in [0.1, 0.15) is 12.2 Å². The summed E-state index contributed by atoms with van der Waals surface area (Å²) in [6.45, 7) is 0. The van der Waals surface area contributed by atoms with Gasteiger partial charge in [0.25, 0.3) is 0 Å². The molecular weight excluding hydrogens is 312 g/mol. The number of aryl methyl sites for hydroxylation is 1. The Hall–Kier alpha value is -0.850. The zero-order chi connectivity index (χ0) is 13.0. The van der Waals surface area contributed by atoms with Crippen LogP contribution in [0, 0.1) is 0 Å². The van der Waals surface area contributed by atoms with Crippen LogP contribution in [0.3, 0.4) is 0 Å². The molecule has 0 amide bonds. The van der Waals surface area contributed by atoms with Gasteiger partial charge in [-0.3, -0.25) is 4.68 Å². The summed E-state index contributed by atoms with van der Waals surface area (Å²) in [5.41, 5.74) is 0. The Balaban J connectivity index is 2.05. The van der Waals surface area contributed by atoms with Crippen LogP contribution in [0.1, 0.15) is 11.9 Å². The molecule has 0 saturated carbocycles. The third kappa shape index (κ3) is 3.13. The smallest absolute Gasteiger partial charge is 0.144 e. The molecule has 0 radical (unpaired) electrons. The summed E-state index contributed by atoms with van der Waals surface area (Å²) in [4.78, 5) is 5.52. The van der Waals surface area contributed by atoms with E-state index in [0.717, 1.165) is 16.0 Å². The quantitative estimate of drug-likeness (QED) is 0.858. The standard InChI is InChI=1S/C12H15BrN4S/c1-14-10(12-15-8-16-17(12)2)7-18-11-6-4-3-5-9(11)13/h3-6,8,10,14H,7H2,1-2H3. The van der Waals surface area contributed by atoms with Gasteiger partial charge in [-0.15, -0.1) is 11.8 Å². The van der Waals surface area contributed by atoms with Crippen molar-refractivity contribution >= 4 is 27.7 Å². The fourth-order valence-corrected chi connectivity index (χ4v) is 3.31. The molecule has 1 unspecified atom stereocenters.